The molecule has 0 fully saturated rings. The van der Waals surface area contributed by atoms with Crippen LogP contribution in [0.2, 0.25) is 10.0 Å². The van der Waals surface area contributed by atoms with Crippen molar-refractivity contribution in [3.05, 3.63) is 58.5 Å². The highest BCUT2D eigenvalue weighted by Crippen LogP contribution is 2.25. The van der Waals surface area contributed by atoms with Crippen LogP contribution in [-0.2, 0) is 4.79 Å². The summed E-state index contributed by atoms with van der Waals surface area (Å²) in [6.45, 7) is 0. The standard InChI is InChI=1S/C14H9Cl2N5O/c15-10-2-3-12(11(16)6-10)21-13(22)9(7-17)8-20-14-18-4-1-5-19-14/h1-6,8H,(H,21,22)(H,18,19,20). The van der Waals surface area contributed by atoms with Crippen LogP contribution in [0, 0.1) is 11.3 Å². The zero-order valence-corrected chi connectivity index (χ0v) is 12.6. The number of hydrogen-bond acceptors (Lipinski definition) is 5. The van der Waals surface area contributed by atoms with Crippen molar-refractivity contribution in [2.75, 3.05) is 10.6 Å². The molecule has 6 nitrogen and oxygen atoms in total. The molecule has 0 aliphatic carbocycles. The summed E-state index contributed by atoms with van der Waals surface area (Å²) in [5, 5.41) is 15.0. The molecule has 1 amide bonds. The molecule has 0 aliphatic rings. The van der Waals surface area contributed by atoms with E-state index in [1.165, 1.54) is 24.7 Å². The van der Waals surface area contributed by atoms with E-state index in [4.69, 9.17) is 28.5 Å². The van der Waals surface area contributed by atoms with Gasteiger partial charge in [0.15, 0.2) is 0 Å². The van der Waals surface area contributed by atoms with E-state index in [0.717, 1.165) is 0 Å². The molecule has 1 heterocycles. The van der Waals surface area contributed by atoms with Crippen molar-refractivity contribution in [1.82, 2.24) is 9.97 Å². The number of hydrogen-bond donors (Lipinski definition) is 2. The predicted octanol–water partition coefficient (Wildman–Crippen LogP) is 3.24. The molecule has 0 atom stereocenters. The maximum atomic E-state index is 12.0. The SMILES string of the molecule is N#CC(=CNc1ncccn1)C(=O)Nc1ccc(Cl)cc1Cl. The average Bonchev–Trinajstić information content (AvgIpc) is 2.52. The Balaban J connectivity index is 2.10. The molecule has 0 saturated heterocycles. The van der Waals surface area contributed by atoms with E-state index in [-0.39, 0.29) is 16.5 Å². The summed E-state index contributed by atoms with van der Waals surface area (Å²) in [7, 11) is 0. The first-order valence-electron chi connectivity index (χ1n) is 6.00. The summed E-state index contributed by atoms with van der Waals surface area (Å²) in [6, 6.07) is 8.05. The van der Waals surface area contributed by atoms with Gasteiger partial charge in [0.05, 0.1) is 10.7 Å². The van der Waals surface area contributed by atoms with Crippen LogP contribution in [-0.4, -0.2) is 15.9 Å². The van der Waals surface area contributed by atoms with Crippen molar-refractivity contribution >= 4 is 40.7 Å². The second kappa shape index (κ2) is 7.41. The number of amides is 1. The first kappa shape index (κ1) is 15.8. The quantitative estimate of drug-likeness (QED) is 0.662. The lowest BCUT2D eigenvalue weighted by atomic mass is 10.2. The maximum absolute atomic E-state index is 12.0. The van der Waals surface area contributed by atoms with Crippen molar-refractivity contribution in [1.29, 1.82) is 5.26 Å². The third kappa shape index (κ3) is 4.19. The zero-order chi connectivity index (χ0) is 15.9. The van der Waals surface area contributed by atoms with Gasteiger partial charge in [-0.1, -0.05) is 23.2 Å². The molecule has 0 bridgehead atoms. The number of carbonyl (C=O) groups excluding carboxylic acids is 1. The van der Waals surface area contributed by atoms with Gasteiger partial charge in [-0.15, -0.1) is 0 Å². The van der Waals surface area contributed by atoms with Gasteiger partial charge in [0.1, 0.15) is 11.6 Å². The smallest absolute Gasteiger partial charge is 0.267 e. The molecule has 0 saturated carbocycles. The van der Waals surface area contributed by atoms with E-state index < -0.39 is 5.91 Å². The molecule has 110 valence electrons. The van der Waals surface area contributed by atoms with Gasteiger partial charge in [-0.05, 0) is 24.3 Å². The fraction of sp³-hybridized carbons (Fsp3) is 0. The van der Waals surface area contributed by atoms with Gasteiger partial charge < -0.3 is 10.6 Å². The number of benzene rings is 1. The minimum Gasteiger partial charge on any atom is -0.329 e. The van der Waals surface area contributed by atoms with Crippen molar-refractivity contribution in [3.8, 4) is 6.07 Å². The number of nitrogens with one attached hydrogen (secondary N) is 2. The summed E-state index contributed by atoms with van der Waals surface area (Å²) < 4.78 is 0. The normalized spacial score (nSPS) is 10.7. The van der Waals surface area contributed by atoms with Crippen LogP contribution in [0.15, 0.2) is 48.4 Å². The molecule has 2 aromatic rings. The van der Waals surface area contributed by atoms with Crippen molar-refractivity contribution in [3.63, 3.8) is 0 Å². The lowest BCUT2D eigenvalue weighted by Crippen LogP contribution is -2.15. The van der Waals surface area contributed by atoms with Crippen LogP contribution in [0.25, 0.3) is 0 Å². The molecule has 2 N–H and O–H groups in total. The van der Waals surface area contributed by atoms with Gasteiger partial charge in [0, 0.05) is 23.6 Å². The van der Waals surface area contributed by atoms with Gasteiger partial charge >= 0.3 is 0 Å². The Morgan fingerprint density at radius 2 is 2.00 bits per heavy atom. The van der Waals surface area contributed by atoms with Crippen LogP contribution >= 0.6 is 23.2 Å². The third-order valence-corrected chi connectivity index (χ3v) is 3.00. The van der Waals surface area contributed by atoms with Gasteiger partial charge in [-0.2, -0.15) is 5.26 Å². The van der Waals surface area contributed by atoms with Crippen molar-refractivity contribution in [2.45, 2.75) is 0 Å². The number of anilines is 2. The van der Waals surface area contributed by atoms with Crippen molar-refractivity contribution in [2.24, 2.45) is 0 Å². The highest BCUT2D eigenvalue weighted by molar-refractivity contribution is 6.36. The van der Waals surface area contributed by atoms with E-state index in [1.54, 1.807) is 24.3 Å². The van der Waals surface area contributed by atoms with E-state index in [9.17, 15) is 4.79 Å². The first-order chi connectivity index (χ1) is 10.6. The van der Waals surface area contributed by atoms with Crippen molar-refractivity contribution < 1.29 is 4.79 Å². The Kier molecular flexibility index (Phi) is 5.31. The highest BCUT2D eigenvalue weighted by Gasteiger charge is 2.11. The molecule has 1 aromatic heterocycles. The Bertz CT molecular complexity index is 756. The Hall–Kier alpha value is -2.62. The van der Waals surface area contributed by atoms with Gasteiger partial charge in [-0.25, -0.2) is 9.97 Å². The van der Waals surface area contributed by atoms with Crippen LogP contribution in [0.4, 0.5) is 11.6 Å². The molecule has 0 aliphatic heterocycles. The molecule has 0 radical (unpaired) electrons. The summed E-state index contributed by atoms with van der Waals surface area (Å²) in [4.78, 5) is 19.8. The Morgan fingerprint density at radius 3 is 2.64 bits per heavy atom. The van der Waals surface area contributed by atoms with Gasteiger partial charge in [0.25, 0.3) is 5.91 Å². The highest BCUT2D eigenvalue weighted by atomic mass is 35.5. The molecule has 2 rings (SSSR count). The van der Waals surface area contributed by atoms with E-state index in [2.05, 4.69) is 20.6 Å². The molecular formula is C14H9Cl2N5O. The second-order valence-corrected chi connectivity index (χ2v) is 4.81. The zero-order valence-electron chi connectivity index (χ0n) is 11.0. The number of halogens is 2. The number of nitriles is 1. The average molecular weight is 334 g/mol. The Morgan fingerprint density at radius 1 is 1.27 bits per heavy atom. The van der Waals surface area contributed by atoms with E-state index in [0.29, 0.717) is 10.7 Å². The predicted molar refractivity (Wildman–Crippen MR) is 84.4 cm³/mol. The lowest BCUT2D eigenvalue weighted by molar-refractivity contribution is -0.112. The number of carbonyl (C=O) groups is 1. The summed E-state index contributed by atoms with van der Waals surface area (Å²) in [5.74, 6) is -0.345. The third-order valence-electron chi connectivity index (χ3n) is 2.46. The maximum Gasteiger partial charge on any atom is 0.267 e. The molecule has 0 spiro atoms. The lowest BCUT2D eigenvalue weighted by Gasteiger charge is -2.07. The first-order valence-corrected chi connectivity index (χ1v) is 6.76. The minimum atomic E-state index is -0.616. The molecule has 8 heteroatoms. The minimum absolute atomic E-state index is 0.154. The van der Waals surface area contributed by atoms with Crippen LogP contribution in [0.3, 0.4) is 0 Å². The van der Waals surface area contributed by atoms with Crippen LogP contribution in [0.5, 0.6) is 0 Å². The van der Waals surface area contributed by atoms with E-state index >= 15 is 0 Å². The summed E-state index contributed by atoms with van der Waals surface area (Å²) in [6.07, 6.45) is 4.28. The van der Waals surface area contributed by atoms with Gasteiger partial charge in [-0.3, -0.25) is 4.79 Å². The fourth-order valence-electron chi connectivity index (χ4n) is 1.44. The topological polar surface area (TPSA) is 90.7 Å². The van der Waals surface area contributed by atoms with E-state index in [1.807, 2.05) is 0 Å². The number of nitrogens with zero attached hydrogens (tertiary/aromatic N) is 3. The number of aromatic nitrogens is 2. The molecule has 0 unspecified atom stereocenters. The van der Waals surface area contributed by atoms with Crippen LogP contribution < -0.4 is 10.6 Å². The van der Waals surface area contributed by atoms with Crippen LogP contribution in [0.1, 0.15) is 0 Å². The fourth-order valence-corrected chi connectivity index (χ4v) is 1.90. The Labute approximate surface area is 136 Å². The molecule has 1 aromatic carbocycles. The summed E-state index contributed by atoms with van der Waals surface area (Å²) >= 11 is 11.7. The second-order valence-electron chi connectivity index (χ2n) is 3.96. The summed E-state index contributed by atoms with van der Waals surface area (Å²) in [5.41, 5.74) is 0.201. The largest absolute Gasteiger partial charge is 0.329 e. The van der Waals surface area contributed by atoms with Gasteiger partial charge in [0.2, 0.25) is 5.95 Å². The molecule has 22 heavy (non-hydrogen) atoms. The molecular weight excluding hydrogens is 325 g/mol. The number of rotatable bonds is 4. The monoisotopic (exact) mass is 333 g/mol.